The van der Waals surface area contributed by atoms with Crippen LogP contribution in [0.5, 0.6) is 5.75 Å². The first-order valence-corrected chi connectivity index (χ1v) is 19.9. The first-order chi connectivity index (χ1) is 26.1. The molecule has 3 aromatic heterocycles. The Morgan fingerprint density at radius 3 is 2.04 bits per heavy atom. The molecule has 264 valence electrons. The van der Waals surface area contributed by atoms with Gasteiger partial charge in [0.15, 0.2) is 5.58 Å². The lowest BCUT2D eigenvalue weighted by atomic mass is 10.0. The summed E-state index contributed by atoms with van der Waals surface area (Å²) in [6, 6.07) is 46.0. The highest BCUT2D eigenvalue weighted by Gasteiger charge is 2.48. The molecule has 10 rings (SSSR count). The summed E-state index contributed by atoms with van der Waals surface area (Å²) in [7, 11) is -6.01. The maximum absolute atomic E-state index is 13.8. The third-order valence-corrected chi connectivity index (χ3v) is 13.0. The van der Waals surface area contributed by atoms with Gasteiger partial charge in [-0.15, -0.1) is 22.7 Å². The summed E-state index contributed by atoms with van der Waals surface area (Å²) < 4.78 is 82.1. The van der Waals surface area contributed by atoms with Crippen LogP contribution in [0.3, 0.4) is 0 Å². The van der Waals surface area contributed by atoms with E-state index in [1.54, 1.807) is 22.7 Å². The van der Waals surface area contributed by atoms with E-state index in [0.717, 1.165) is 51.5 Å². The summed E-state index contributed by atoms with van der Waals surface area (Å²) in [5.41, 5.74) is -1.31. The van der Waals surface area contributed by atoms with Gasteiger partial charge in [-0.3, -0.25) is 0 Å². The standard InChI is InChI=1S/C43H24F3NO4S3/c44-43(45,46)54(48,49)51-28-23-35-33-21-25(29-13-8-14-32-30-11-4-7-16-39(30)53-42(29)32)17-19-37(33)50-41(35)36(24-28)47(26-9-2-1-3-10-26)27-18-20-40-34(22-27)31-12-5-6-15-38(31)52-40/h1-24H. The van der Waals surface area contributed by atoms with E-state index < -0.39 is 21.4 Å². The zero-order valence-corrected chi connectivity index (χ0v) is 30.2. The number of fused-ring (bicyclic) bond motifs is 9. The van der Waals surface area contributed by atoms with E-state index in [0.29, 0.717) is 39.0 Å². The Balaban J connectivity index is 1.24. The molecule has 7 aromatic carbocycles. The lowest BCUT2D eigenvalue weighted by Gasteiger charge is -2.26. The fourth-order valence-electron chi connectivity index (χ4n) is 7.22. The molecular weight excluding hydrogens is 748 g/mol. The molecule has 0 unspecified atom stereocenters. The number of benzene rings is 7. The Bertz CT molecular complexity index is 3220. The average Bonchev–Trinajstić information content (AvgIpc) is 3.86. The van der Waals surface area contributed by atoms with Crippen molar-refractivity contribution >= 4 is 112 Å². The molecule has 0 saturated heterocycles. The molecule has 0 bridgehead atoms. The Morgan fingerprint density at radius 2 is 1.26 bits per heavy atom. The van der Waals surface area contributed by atoms with E-state index >= 15 is 0 Å². The van der Waals surface area contributed by atoms with Gasteiger partial charge < -0.3 is 13.5 Å². The van der Waals surface area contributed by atoms with Crippen LogP contribution in [0.4, 0.5) is 30.2 Å². The number of thiophene rings is 2. The van der Waals surface area contributed by atoms with Crippen molar-refractivity contribution in [2.75, 3.05) is 4.90 Å². The molecular formula is C43H24F3NO4S3. The summed E-state index contributed by atoms with van der Waals surface area (Å²) in [5, 5.41) is 5.32. The predicted molar refractivity (Wildman–Crippen MR) is 215 cm³/mol. The van der Waals surface area contributed by atoms with Gasteiger partial charge in [0.1, 0.15) is 11.3 Å². The van der Waals surface area contributed by atoms with Crippen molar-refractivity contribution in [2.45, 2.75) is 5.51 Å². The second-order valence-electron chi connectivity index (χ2n) is 12.8. The molecule has 0 saturated carbocycles. The summed E-state index contributed by atoms with van der Waals surface area (Å²) in [6.45, 7) is 0. The lowest BCUT2D eigenvalue weighted by molar-refractivity contribution is -0.0500. The van der Waals surface area contributed by atoms with Crippen LogP contribution in [0, 0.1) is 0 Å². The molecule has 5 nitrogen and oxygen atoms in total. The quantitative estimate of drug-likeness (QED) is 0.124. The molecule has 0 aliphatic carbocycles. The smallest absolute Gasteiger partial charge is 0.454 e. The third kappa shape index (κ3) is 5.22. The highest BCUT2D eigenvalue weighted by molar-refractivity contribution is 7.88. The number of hydrogen-bond acceptors (Lipinski definition) is 7. The van der Waals surface area contributed by atoms with Crippen molar-refractivity contribution in [3.05, 3.63) is 146 Å². The maximum Gasteiger partial charge on any atom is 0.534 e. The number of furan rings is 1. The maximum atomic E-state index is 13.8. The summed E-state index contributed by atoms with van der Waals surface area (Å²) >= 11 is 3.35. The minimum Gasteiger partial charge on any atom is -0.454 e. The lowest BCUT2D eigenvalue weighted by Crippen LogP contribution is -2.28. The van der Waals surface area contributed by atoms with Crippen LogP contribution in [0.15, 0.2) is 150 Å². The number of para-hydroxylation sites is 1. The number of hydrogen-bond donors (Lipinski definition) is 0. The number of halogens is 3. The van der Waals surface area contributed by atoms with Crippen molar-refractivity contribution in [2.24, 2.45) is 0 Å². The molecule has 0 aliphatic heterocycles. The first kappa shape index (κ1) is 32.7. The normalized spacial score (nSPS) is 12.5. The number of anilines is 3. The molecule has 0 fully saturated rings. The molecule has 11 heteroatoms. The molecule has 54 heavy (non-hydrogen) atoms. The predicted octanol–water partition coefficient (Wildman–Crippen LogP) is 13.7. The topological polar surface area (TPSA) is 59.8 Å². The Morgan fingerprint density at radius 1 is 0.574 bits per heavy atom. The Hall–Kier alpha value is -5.88. The largest absolute Gasteiger partial charge is 0.534 e. The molecule has 0 spiro atoms. The number of alkyl halides is 3. The third-order valence-electron chi connectivity index (χ3n) is 9.60. The van der Waals surface area contributed by atoms with Crippen LogP contribution in [-0.4, -0.2) is 13.9 Å². The van der Waals surface area contributed by atoms with Gasteiger partial charge in [0.2, 0.25) is 0 Å². The van der Waals surface area contributed by atoms with Gasteiger partial charge in [0.25, 0.3) is 0 Å². The average molecular weight is 772 g/mol. The van der Waals surface area contributed by atoms with Gasteiger partial charge in [0.05, 0.1) is 5.69 Å². The Labute approximate surface area is 313 Å². The van der Waals surface area contributed by atoms with Crippen molar-refractivity contribution in [3.8, 4) is 16.9 Å². The Kier molecular flexibility index (Phi) is 7.32. The number of rotatable bonds is 6. The van der Waals surface area contributed by atoms with E-state index in [2.05, 4.69) is 30.3 Å². The fourth-order valence-corrected chi connectivity index (χ4v) is 9.99. The first-order valence-electron chi connectivity index (χ1n) is 16.8. The molecule has 0 radical (unpaired) electrons. The molecule has 10 aromatic rings. The van der Waals surface area contributed by atoms with Crippen LogP contribution in [-0.2, 0) is 10.1 Å². The van der Waals surface area contributed by atoms with Crippen LogP contribution in [0.25, 0.3) is 73.4 Å². The summed E-state index contributed by atoms with van der Waals surface area (Å²) in [6.07, 6.45) is 0. The van der Waals surface area contributed by atoms with Crippen LogP contribution >= 0.6 is 22.7 Å². The van der Waals surface area contributed by atoms with Gasteiger partial charge in [-0.2, -0.15) is 21.6 Å². The van der Waals surface area contributed by atoms with E-state index in [9.17, 15) is 21.6 Å². The minimum atomic E-state index is -6.01. The van der Waals surface area contributed by atoms with Crippen molar-refractivity contribution < 1.29 is 30.2 Å². The SMILES string of the molecule is O=S(=O)(Oc1cc(N(c2ccccc2)c2ccc3sc4ccccc4c3c2)c2oc3ccc(-c4cccc5c4sc4ccccc45)cc3c2c1)C(F)(F)F. The second-order valence-corrected chi connectivity index (χ2v) is 16.5. The zero-order chi connectivity index (χ0) is 36.8. The fraction of sp³-hybridized carbons (Fsp3) is 0.0233. The van der Waals surface area contributed by atoms with Crippen molar-refractivity contribution in [1.29, 1.82) is 0 Å². The molecule has 0 amide bonds. The molecule has 0 aliphatic rings. The van der Waals surface area contributed by atoms with Gasteiger partial charge in [-0.1, -0.05) is 78.9 Å². The van der Waals surface area contributed by atoms with Crippen LogP contribution < -0.4 is 9.08 Å². The van der Waals surface area contributed by atoms with Gasteiger partial charge in [0, 0.05) is 68.6 Å². The van der Waals surface area contributed by atoms with Gasteiger partial charge >= 0.3 is 15.6 Å². The molecule has 0 atom stereocenters. The zero-order valence-electron chi connectivity index (χ0n) is 27.8. The molecule has 3 heterocycles. The van der Waals surface area contributed by atoms with Crippen molar-refractivity contribution in [1.82, 2.24) is 0 Å². The monoisotopic (exact) mass is 771 g/mol. The van der Waals surface area contributed by atoms with Crippen LogP contribution in [0.1, 0.15) is 0 Å². The summed E-state index contributed by atoms with van der Waals surface area (Å²) in [4.78, 5) is 1.85. The number of nitrogens with zero attached hydrogens (tertiary/aromatic N) is 1. The summed E-state index contributed by atoms with van der Waals surface area (Å²) in [5.74, 6) is -0.502. The highest BCUT2D eigenvalue weighted by Crippen LogP contribution is 2.48. The van der Waals surface area contributed by atoms with E-state index in [4.69, 9.17) is 8.60 Å². The van der Waals surface area contributed by atoms with E-state index in [1.807, 2.05) is 108 Å². The van der Waals surface area contributed by atoms with E-state index in [1.165, 1.54) is 12.1 Å². The van der Waals surface area contributed by atoms with Crippen molar-refractivity contribution in [3.63, 3.8) is 0 Å². The second kappa shape index (κ2) is 12.1. The van der Waals surface area contributed by atoms with Gasteiger partial charge in [-0.25, -0.2) is 0 Å². The van der Waals surface area contributed by atoms with E-state index in [-0.39, 0.29) is 0 Å². The highest BCUT2D eigenvalue weighted by atomic mass is 32.2. The molecule has 0 N–H and O–H groups in total. The van der Waals surface area contributed by atoms with Crippen LogP contribution in [0.2, 0.25) is 0 Å². The minimum absolute atomic E-state index is 0.300. The van der Waals surface area contributed by atoms with Gasteiger partial charge in [-0.05, 0) is 71.8 Å².